The highest BCUT2D eigenvalue weighted by Gasteiger charge is 2.65. The van der Waals surface area contributed by atoms with Crippen molar-refractivity contribution in [1.82, 2.24) is 9.88 Å². The van der Waals surface area contributed by atoms with Crippen LogP contribution in [-0.2, 0) is 20.9 Å². The molecule has 1 saturated heterocycles. The molecule has 2 heterocycles. The molecule has 2 aliphatic rings. The van der Waals surface area contributed by atoms with Gasteiger partial charge in [-0.25, -0.2) is 9.78 Å². The molecule has 1 aromatic heterocycles. The van der Waals surface area contributed by atoms with Crippen LogP contribution in [0.4, 0.5) is 10.6 Å². The molecule has 3 atom stereocenters. The van der Waals surface area contributed by atoms with Gasteiger partial charge >= 0.3 is 6.09 Å². The van der Waals surface area contributed by atoms with E-state index >= 15 is 0 Å². The van der Waals surface area contributed by atoms with E-state index in [4.69, 9.17) is 9.47 Å². The number of nitrogens with zero attached hydrogens (tertiary/aromatic N) is 2. The van der Waals surface area contributed by atoms with Crippen LogP contribution < -0.4 is 5.32 Å². The molecular weight excluding hydrogens is 414 g/mol. The number of rotatable bonds is 4. The number of hydrogen-bond donors (Lipinski definition) is 1. The Morgan fingerprint density at radius 1 is 1.37 bits per heavy atom. The fraction of sp³-hybridized carbons (Fsp3) is 0.632. The molecule has 8 heteroatoms. The zero-order valence-corrected chi connectivity index (χ0v) is 17.9. The quantitative estimate of drug-likeness (QED) is 0.722. The van der Waals surface area contributed by atoms with Gasteiger partial charge in [0.05, 0.1) is 6.61 Å². The van der Waals surface area contributed by atoms with Gasteiger partial charge in [0.25, 0.3) is 0 Å². The van der Waals surface area contributed by atoms with E-state index in [9.17, 15) is 9.59 Å². The van der Waals surface area contributed by atoms with Crippen LogP contribution in [0.3, 0.4) is 0 Å². The Hall–Kier alpha value is -1.67. The number of amides is 2. The number of carbonyl (C=O) groups excluding carboxylic acids is 2. The van der Waals surface area contributed by atoms with Gasteiger partial charge in [-0.05, 0) is 61.0 Å². The molecule has 1 aromatic rings. The predicted octanol–water partition coefficient (Wildman–Crippen LogP) is 3.72. The normalized spacial score (nSPS) is 26.5. The Labute approximate surface area is 167 Å². The molecule has 1 aliphatic heterocycles. The van der Waals surface area contributed by atoms with Crippen molar-refractivity contribution in [1.29, 1.82) is 0 Å². The Morgan fingerprint density at radius 2 is 2.07 bits per heavy atom. The Balaban J connectivity index is 1.79. The molecule has 27 heavy (non-hydrogen) atoms. The molecule has 1 aliphatic carbocycles. The van der Waals surface area contributed by atoms with E-state index < -0.39 is 17.7 Å². The third-order valence-corrected chi connectivity index (χ3v) is 5.47. The van der Waals surface area contributed by atoms with E-state index in [2.05, 4.69) is 33.2 Å². The van der Waals surface area contributed by atoms with Gasteiger partial charge in [-0.2, -0.15) is 0 Å². The maximum absolute atomic E-state index is 13.0. The molecule has 1 saturated carbocycles. The number of likely N-dealkylation sites (tertiary alicyclic amines) is 1. The zero-order valence-electron chi connectivity index (χ0n) is 16.3. The molecule has 0 bridgehead atoms. The van der Waals surface area contributed by atoms with Crippen molar-refractivity contribution in [3.8, 4) is 0 Å². The number of halogens is 1. The van der Waals surface area contributed by atoms with Gasteiger partial charge < -0.3 is 14.8 Å². The average Bonchev–Trinajstić information content (AvgIpc) is 3.09. The van der Waals surface area contributed by atoms with Crippen molar-refractivity contribution in [3.63, 3.8) is 0 Å². The summed E-state index contributed by atoms with van der Waals surface area (Å²) < 4.78 is 11.3. The third-order valence-electron chi connectivity index (χ3n) is 5.03. The Bertz CT molecular complexity index is 764. The van der Waals surface area contributed by atoms with Crippen LogP contribution in [0.2, 0.25) is 0 Å². The van der Waals surface area contributed by atoms with E-state index in [1.807, 2.05) is 26.8 Å². The minimum Gasteiger partial charge on any atom is -0.444 e. The number of ether oxygens (including phenoxy) is 2. The van der Waals surface area contributed by atoms with Crippen molar-refractivity contribution < 1.29 is 19.1 Å². The minimum absolute atomic E-state index is 0.0149. The van der Waals surface area contributed by atoms with E-state index in [0.717, 1.165) is 12.0 Å². The molecule has 148 valence electrons. The summed E-state index contributed by atoms with van der Waals surface area (Å²) in [6.07, 6.45) is 1.09. The van der Waals surface area contributed by atoms with Crippen molar-refractivity contribution >= 4 is 33.7 Å². The van der Waals surface area contributed by atoms with Crippen molar-refractivity contribution in [2.24, 2.45) is 5.41 Å². The number of hydrogen-bond acceptors (Lipinski definition) is 5. The third kappa shape index (κ3) is 4.27. The number of methoxy groups -OCH3 is 1. The lowest BCUT2D eigenvalue weighted by Crippen LogP contribution is -2.47. The molecular formula is C19H26BrN3O4. The lowest BCUT2D eigenvalue weighted by Gasteiger charge is -2.29. The Morgan fingerprint density at radius 3 is 2.70 bits per heavy atom. The van der Waals surface area contributed by atoms with E-state index in [-0.39, 0.29) is 17.4 Å². The second kappa shape index (κ2) is 7.05. The summed E-state index contributed by atoms with van der Waals surface area (Å²) in [5, 5.41) is 2.87. The number of fused-ring (bicyclic) bond motifs is 1. The molecule has 0 spiro atoms. The number of carbonyl (C=O) groups is 2. The average molecular weight is 440 g/mol. The highest BCUT2D eigenvalue weighted by atomic mass is 79.9. The largest absolute Gasteiger partial charge is 0.444 e. The van der Waals surface area contributed by atoms with Gasteiger partial charge in [0.1, 0.15) is 22.1 Å². The molecule has 2 fully saturated rings. The summed E-state index contributed by atoms with van der Waals surface area (Å²) in [6, 6.07) is 3.12. The Kier molecular flexibility index (Phi) is 5.24. The van der Waals surface area contributed by atoms with Crippen LogP contribution >= 0.6 is 15.9 Å². The molecule has 0 radical (unpaired) electrons. The fourth-order valence-electron chi connectivity index (χ4n) is 3.63. The molecule has 0 aromatic carbocycles. The van der Waals surface area contributed by atoms with Crippen molar-refractivity contribution in [2.75, 3.05) is 12.4 Å². The van der Waals surface area contributed by atoms with Gasteiger partial charge in [-0.1, -0.05) is 13.0 Å². The van der Waals surface area contributed by atoms with Gasteiger partial charge in [0, 0.05) is 18.7 Å². The first-order valence-corrected chi connectivity index (χ1v) is 9.80. The second-order valence-corrected chi connectivity index (χ2v) is 9.36. The number of aromatic nitrogens is 1. The van der Waals surface area contributed by atoms with Crippen LogP contribution in [0.5, 0.6) is 0 Å². The predicted molar refractivity (Wildman–Crippen MR) is 104 cm³/mol. The molecule has 3 unspecified atom stereocenters. The molecule has 1 N–H and O–H groups in total. The van der Waals surface area contributed by atoms with Crippen molar-refractivity contribution in [2.45, 2.75) is 64.8 Å². The molecule has 2 amide bonds. The van der Waals surface area contributed by atoms with Gasteiger partial charge in [0.15, 0.2) is 0 Å². The first kappa shape index (κ1) is 20.1. The summed E-state index contributed by atoms with van der Waals surface area (Å²) in [4.78, 5) is 31.7. The van der Waals surface area contributed by atoms with Gasteiger partial charge in [0.2, 0.25) is 5.91 Å². The van der Waals surface area contributed by atoms with Crippen LogP contribution in [0.15, 0.2) is 16.7 Å². The summed E-state index contributed by atoms with van der Waals surface area (Å²) in [7, 11) is 1.59. The van der Waals surface area contributed by atoms with Crippen LogP contribution in [0, 0.1) is 5.41 Å². The lowest BCUT2D eigenvalue weighted by molar-refractivity contribution is -0.121. The van der Waals surface area contributed by atoms with Crippen LogP contribution in [0.25, 0.3) is 0 Å². The SMILES string of the molecule is COCc1ccc(Br)nc1NC(=O)C1CC2(C)CC2N1C(=O)OC(C)(C)C. The number of nitrogens with one attached hydrogen (secondary N) is 1. The monoisotopic (exact) mass is 439 g/mol. The topological polar surface area (TPSA) is 80.8 Å². The maximum Gasteiger partial charge on any atom is 0.411 e. The number of piperidine rings is 1. The van der Waals surface area contributed by atoms with Gasteiger partial charge in [-0.3, -0.25) is 9.69 Å². The standard InChI is InChI=1S/C19H26BrN3O4/c1-18(2,3)27-17(25)23-12(8-19(4)9-13(19)23)16(24)22-15-11(10-26-5)6-7-14(20)21-15/h6-7,12-13H,8-10H2,1-5H3,(H,21,22,24). The minimum atomic E-state index is -0.608. The summed E-state index contributed by atoms with van der Waals surface area (Å²) in [6.45, 7) is 7.91. The summed E-state index contributed by atoms with van der Waals surface area (Å²) in [5.41, 5.74) is 0.148. The van der Waals surface area contributed by atoms with E-state index in [1.165, 1.54) is 0 Å². The highest BCUT2D eigenvalue weighted by Crippen LogP contribution is 2.59. The van der Waals surface area contributed by atoms with Gasteiger partial charge in [-0.15, -0.1) is 0 Å². The number of pyridine rings is 1. The molecule has 3 rings (SSSR count). The lowest BCUT2D eigenvalue weighted by atomic mass is 10.0. The summed E-state index contributed by atoms with van der Waals surface area (Å²) >= 11 is 3.33. The molecule has 7 nitrogen and oxygen atoms in total. The smallest absolute Gasteiger partial charge is 0.411 e. The first-order chi connectivity index (χ1) is 12.5. The van der Waals surface area contributed by atoms with E-state index in [1.54, 1.807) is 18.1 Å². The number of anilines is 1. The van der Waals surface area contributed by atoms with Crippen molar-refractivity contribution in [3.05, 3.63) is 22.3 Å². The highest BCUT2D eigenvalue weighted by molar-refractivity contribution is 9.10. The first-order valence-electron chi connectivity index (χ1n) is 9.00. The fourth-order valence-corrected chi connectivity index (χ4v) is 3.94. The zero-order chi connectivity index (χ0) is 20.0. The van der Waals surface area contributed by atoms with E-state index in [0.29, 0.717) is 23.4 Å². The summed E-state index contributed by atoms with van der Waals surface area (Å²) in [5.74, 6) is 0.184. The second-order valence-electron chi connectivity index (χ2n) is 8.55. The maximum atomic E-state index is 13.0. The van der Waals surface area contributed by atoms with Crippen LogP contribution in [0.1, 0.15) is 46.1 Å². The van der Waals surface area contributed by atoms with Crippen LogP contribution in [-0.4, -0.2) is 46.7 Å².